The van der Waals surface area contributed by atoms with Crippen LogP contribution in [0.2, 0.25) is 0 Å². The number of piperazine rings is 1. The fourth-order valence-corrected chi connectivity index (χ4v) is 4.64. The van der Waals surface area contributed by atoms with Crippen LogP contribution in [0.3, 0.4) is 0 Å². The Balaban J connectivity index is 1.41. The third-order valence-electron chi connectivity index (χ3n) is 5.61. The Hall–Kier alpha value is -2.00. The van der Waals surface area contributed by atoms with E-state index in [1.54, 1.807) is 18.4 Å². The summed E-state index contributed by atoms with van der Waals surface area (Å²) < 4.78 is 5.39. The van der Waals surface area contributed by atoms with Gasteiger partial charge in [0.05, 0.1) is 17.8 Å². The molecule has 0 spiro atoms. The van der Waals surface area contributed by atoms with Gasteiger partial charge in [0.2, 0.25) is 11.9 Å². The minimum absolute atomic E-state index is 0.409. The molecule has 4 rings (SSSR count). The highest BCUT2D eigenvalue weighted by Crippen LogP contribution is 2.22. The monoisotopic (exact) mass is 417 g/mol. The molecule has 9 heteroatoms. The molecule has 2 aromatic heterocycles. The van der Waals surface area contributed by atoms with Crippen molar-refractivity contribution in [3.63, 3.8) is 0 Å². The van der Waals surface area contributed by atoms with Crippen molar-refractivity contribution < 1.29 is 4.74 Å². The predicted octanol–water partition coefficient (Wildman–Crippen LogP) is 2.60. The van der Waals surface area contributed by atoms with Gasteiger partial charge in [0, 0.05) is 51.2 Å². The highest BCUT2D eigenvalue weighted by Gasteiger charge is 2.23. The van der Waals surface area contributed by atoms with Crippen LogP contribution in [0.1, 0.15) is 43.3 Å². The molecular formula is C20H31N7OS. The van der Waals surface area contributed by atoms with Crippen molar-refractivity contribution >= 4 is 23.2 Å². The lowest BCUT2D eigenvalue weighted by Crippen LogP contribution is -2.46. The predicted molar refractivity (Wildman–Crippen MR) is 116 cm³/mol. The SMILES string of the molecule is CCc1nc(CN2CCN(c3nc(OC)nc(N4CCCCCC4)n3)CC2)cs1. The Kier molecular flexibility index (Phi) is 6.76. The highest BCUT2D eigenvalue weighted by atomic mass is 32.1. The van der Waals surface area contributed by atoms with Gasteiger partial charge in [-0.15, -0.1) is 11.3 Å². The highest BCUT2D eigenvalue weighted by molar-refractivity contribution is 7.09. The van der Waals surface area contributed by atoms with E-state index < -0.39 is 0 Å². The van der Waals surface area contributed by atoms with E-state index in [9.17, 15) is 0 Å². The van der Waals surface area contributed by atoms with Crippen molar-refractivity contribution in [2.24, 2.45) is 0 Å². The van der Waals surface area contributed by atoms with E-state index in [1.165, 1.54) is 36.4 Å². The van der Waals surface area contributed by atoms with E-state index in [4.69, 9.17) is 14.7 Å². The first-order chi connectivity index (χ1) is 14.2. The van der Waals surface area contributed by atoms with E-state index in [0.29, 0.717) is 6.01 Å². The molecular weight excluding hydrogens is 386 g/mol. The van der Waals surface area contributed by atoms with Crippen molar-refractivity contribution in [1.82, 2.24) is 24.8 Å². The summed E-state index contributed by atoms with van der Waals surface area (Å²) >= 11 is 1.76. The smallest absolute Gasteiger partial charge is 0.322 e. The van der Waals surface area contributed by atoms with Gasteiger partial charge >= 0.3 is 6.01 Å². The van der Waals surface area contributed by atoms with Gasteiger partial charge in [0.25, 0.3) is 0 Å². The molecule has 0 unspecified atom stereocenters. The second kappa shape index (κ2) is 9.67. The number of ether oxygens (including phenoxy) is 1. The maximum atomic E-state index is 5.39. The summed E-state index contributed by atoms with van der Waals surface area (Å²) in [6, 6.07) is 0.409. The number of rotatable bonds is 6. The first-order valence-electron chi connectivity index (χ1n) is 10.7. The molecule has 0 atom stereocenters. The zero-order chi connectivity index (χ0) is 20.1. The standard InChI is InChI=1S/C20H31N7OS/c1-3-17-21-16(15-29-17)14-25-10-12-27(13-11-25)19-22-18(23-20(24-19)28-2)26-8-6-4-5-7-9-26/h15H,3-14H2,1-2H3. The Morgan fingerprint density at radius 1 is 0.862 bits per heavy atom. The summed E-state index contributed by atoms with van der Waals surface area (Å²) in [5.41, 5.74) is 1.19. The molecule has 0 N–H and O–H groups in total. The Bertz CT molecular complexity index is 783. The summed E-state index contributed by atoms with van der Waals surface area (Å²) in [4.78, 5) is 25.6. The maximum Gasteiger partial charge on any atom is 0.322 e. The maximum absolute atomic E-state index is 5.39. The van der Waals surface area contributed by atoms with Gasteiger partial charge in [-0.1, -0.05) is 19.8 Å². The van der Waals surface area contributed by atoms with Crippen LogP contribution in [-0.4, -0.2) is 71.2 Å². The molecule has 2 fully saturated rings. The molecule has 2 aromatic rings. The molecule has 29 heavy (non-hydrogen) atoms. The van der Waals surface area contributed by atoms with Crippen molar-refractivity contribution in [2.45, 2.75) is 45.6 Å². The van der Waals surface area contributed by atoms with Gasteiger partial charge in [0.1, 0.15) is 0 Å². The molecule has 0 amide bonds. The van der Waals surface area contributed by atoms with Crippen LogP contribution in [0, 0.1) is 0 Å². The summed E-state index contributed by atoms with van der Waals surface area (Å²) in [6.07, 6.45) is 5.97. The zero-order valence-electron chi connectivity index (χ0n) is 17.5. The van der Waals surface area contributed by atoms with E-state index in [0.717, 1.165) is 64.1 Å². The number of thiazole rings is 1. The first kappa shape index (κ1) is 20.3. The second-order valence-corrected chi connectivity index (χ2v) is 8.62. The quantitative estimate of drug-likeness (QED) is 0.710. The minimum Gasteiger partial charge on any atom is -0.467 e. The molecule has 2 aliphatic rings. The van der Waals surface area contributed by atoms with Crippen LogP contribution >= 0.6 is 11.3 Å². The van der Waals surface area contributed by atoms with Crippen LogP contribution < -0.4 is 14.5 Å². The normalized spacial score (nSPS) is 18.7. The van der Waals surface area contributed by atoms with Crippen molar-refractivity contribution in [1.29, 1.82) is 0 Å². The molecule has 0 saturated carbocycles. The Labute approximate surface area is 176 Å². The molecule has 4 heterocycles. The van der Waals surface area contributed by atoms with Gasteiger partial charge in [-0.2, -0.15) is 15.0 Å². The second-order valence-electron chi connectivity index (χ2n) is 7.67. The lowest BCUT2D eigenvalue weighted by Gasteiger charge is -2.34. The Morgan fingerprint density at radius 3 is 2.10 bits per heavy atom. The number of hydrogen-bond acceptors (Lipinski definition) is 9. The lowest BCUT2D eigenvalue weighted by molar-refractivity contribution is 0.246. The summed E-state index contributed by atoms with van der Waals surface area (Å²) in [5.74, 6) is 1.49. The fraction of sp³-hybridized carbons (Fsp3) is 0.700. The van der Waals surface area contributed by atoms with Gasteiger partial charge in [-0.3, -0.25) is 4.90 Å². The largest absolute Gasteiger partial charge is 0.467 e. The fourth-order valence-electron chi connectivity index (χ4n) is 3.90. The molecule has 0 bridgehead atoms. The third kappa shape index (κ3) is 5.14. The van der Waals surface area contributed by atoms with Crippen LogP contribution in [0.4, 0.5) is 11.9 Å². The zero-order valence-corrected chi connectivity index (χ0v) is 18.3. The number of aryl methyl sites for hydroxylation is 1. The number of anilines is 2. The number of nitrogens with zero attached hydrogens (tertiary/aromatic N) is 7. The van der Waals surface area contributed by atoms with Crippen molar-refractivity contribution in [3.05, 3.63) is 16.1 Å². The van der Waals surface area contributed by atoms with Crippen molar-refractivity contribution in [3.8, 4) is 6.01 Å². The van der Waals surface area contributed by atoms with E-state index >= 15 is 0 Å². The summed E-state index contributed by atoms with van der Waals surface area (Å²) in [6.45, 7) is 8.85. The van der Waals surface area contributed by atoms with Gasteiger partial charge in [-0.25, -0.2) is 4.98 Å². The molecule has 8 nitrogen and oxygen atoms in total. The molecule has 2 aliphatic heterocycles. The third-order valence-corrected chi connectivity index (χ3v) is 6.65. The van der Waals surface area contributed by atoms with E-state index in [2.05, 4.69) is 37.0 Å². The van der Waals surface area contributed by atoms with Crippen LogP contribution in [0.5, 0.6) is 6.01 Å². The van der Waals surface area contributed by atoms with Gasteiger partial charge in [0.15, 0.2) is 0 Å². The van der Waals surface area contributed by atoms with Gasteiger partial charge in [-0.05, 0) is 19.3 Å². The number of aromatic nitrogens is 4. The molecule has 158 valence electrons. The molecule has 0 radical (unpaired) electrons. The average molecular weight is 418 g/mol. The van der Waals surface area contributed by atoms with Crippen LogP contribution in [0.15, 0.2) is 5.38 Å². The topological polar surface area (TPSA) is 70.5 Å². The molecule has 0 aliphatic carbocycles. The minimum atomic E-state index is 0.409. The summed E-state index contributed by atoms with van der Waals surface area (Å²) in [5, 5.41) is 3.41. The lowest BCUT2D eigenvalue weighted by atomic mass is 10.2. The Morgan fingerprint density at radius 2 is 1.52 bits per heavy atom. The van der Waals surface area contributed by atoms with E-state index in [1.807, 2.05) is 0 Å². The number of hydrogen-bond donors (Lipinski definition) is 0. The number of methoxy groups -OCH3 is 1. The van der Waals surface area contributed by atoms with Crippen molar-refractivity contribution in [2.75, 3.05) is 56.2 Å². The summed E-state index contributed by atoms with van der Waals surface area (Å²) in [7, 11) is 1.63. The first-order valence-corrected chi connectivity index (χ1v) is 11.6. The molecule has 2 saturated heterocycles. The van der Waals surface area contributed by atoms with Crippen LogP contribution in [0.25, 0.3) is 0 Å². The molecule has 0 aromatic carbocycles. The van der Waals surface area contributed by atoms with Crippen LogP contribution in [-0.2, 0) is 13.0 Å². The van der Waals surface area contributed by atoms with Gasteiger partial charge < -0.3 is 14.5 Å². The average Bonchev–Trinajstić information content (AvgIpc) is 3.04. The van der Waals surface area contributed by atoms with E-state index in [-0.39, 0.29) is 0 Å².